The van der Waals surface area contributed by atoms with Gasteiger partial charge in [-0.2, -0.15) is 13.2 Å². The molecule has 0 aliphatic heterocycles. The van der Waals surface area contributed by atoms with Gasteiger partial charge in [-0.15, -0.1) is 0 Å². The zero-order chi connectivity index (χ0) is 24.8. The Hall–Kier alpha value is -2.72. The van der Waals surface area contributed by atoms with E-state index in [9.17, 15) is 22.8 Å². The van der Waals surface area contributed by atoms with Crippen LogP contribution in [0.25, 0.3) is 11.3 Å². The van der Waals surface area contributed by atoms with Crippen molar-refractivity contribution >= 4 is 34.8 Å². The van der Waals surface area contributed by atoms with Gasteiger partial charge in [0.1, 0.15) is 11.3 Å². The quantitative estimate of drug-likeness (QED) is 0.445. The van der Waals surface area contributed by atoms with Gasteiger partial charge in [0.15, 0.2) is 11.5 Å². The van der Waals surface area contributed by atoms with E-state index in [4.69, 9.17) is 27.7 Å². The van der Waals surface area contributed by atoms with E-state index in [-0.39, 0.29) is 27.3 Å². The Morgan fingerprint density at radius 1 is 1.21 bits per heavy atom. The molecule has 4 rings (SSSR count). The molecule has 1 saturated carbocycles. The van der Waals surface area contributed by atoms with Crippen LogP contribution in [0, 0.1) is 6.92 Å². The molecule has 1 amide bonds. The fourth-order valence-corrected chi connectivity index (χ4v) is 4.84. The largest absolute Gasteiger partial charge is 0.422 e. The van der Waals surface area contributed by atoms with Crippen LogP contribution in [0.5, 0.6) is 0 Å². The van der Waals surface area contributed by atoms with E-state index in [0.717, 1.165) is 32.1 Å². The Morgan fingerprint density at radius 2 is 1.88 bits per heavy atom. The first-order chi connectivity index (χ1) is 16.0. The predicted octanol–water partition coefficient (Wildman–Crippen LogP) is 6.23. The molecule has 1 aromatic carbocycles. The number of benzene rings is 1. The van der Waals surface area contributed by atoms with Crippen molar-refractivity contribution in [2.75, 3.05) is 5.32 Å². The summed E-state index contributed by atoms with van der Waals surface area (Å²) in [7, 11) is 1.68. The highest BCUT2D eigenvalue weighted by Crippen LogP contribution is 2.42. The normalized spacial score (nSPS) is 15.0. The van der Waals surface area contributed by atoms with Crippen molar-refractivity contribution in [2.45, 2.75) is 51.2 Å². The molecule has 7 nitrogen and oxygen atoms in total. The fourth-order valence-electron chi connectivity index (χ4n) is 4.35. The monoisotopic (exact) mass is 516 g/mol. The first-order valence-corrected chi connectivity index (χ1v) is 11.4. The average Bonchev–Trinajstić information content (AvgIpc) is 3.30. The summed E-state index contributed by atoms with van der Waals surface area (Å²) in [6.45, 7) is 1.61. The molecular weight excluding hydrogens is 496 g/mol. The number of carbonyl (C=O) groups excluding carboxylic acids is 1. The average molecular weight is 517 g/mol. The molecule has 0 atom stereocenters. The Bertz CT molecular complexity index is 1300. The van der Waals surface area contributed by atoms with Crippen LogP contribution in [0.3, 0.4) is 0 Å². The number of nitrogens with one attached hydrogen (secondary N) is 1. The van der Waals surface area contributed by atoms with Crippen LogP contribution in [0.4, 0.5) is 18.9 Å². The number of rotatable bonds is 4. The second kappa shape index (κ2) is 9.14. The van der Waals surface area contributed by atoms with Crippen LogP contribution in [-0.2, 0) is 13.2 Å². The first kappa shape index (κ1) is 24.4. The lowest BCUT2D eigenvalue weighted by atomic mass is 9.96. The smallest absolute Gasteiger partial charge is 0.355 e. The zero-order valence-electron chi connectivity index (χ0n) is 18.3. The van der Waals surface area contributed by atoms with Gasteiger partial charge in [-0.1, -0.05) is 47.6 Å². The summed E-state index contributed by atoms with van der Waals surface area (Å²) < 4.78 is 50.1. The minimum Gasteiger partial charge on any atom is -0.355 e. The van der Waals surface area contributed by atoms with Crippen molar-refractivity contribution in [3.63, 3.8) is 0 Å². The lowest BCUT2D eigenvalue weighted by Crippen LogP contribution is -2.29. The number of nitrogens with zero attached hydrogens (tertiary/aromatic N) is 3. The maximum Gasteiger partial charge on any atom is 0.422 e. The number of alkyl halides is 3. The summed E-state index contributed by atoms with van der Waals surface area (Å²) in [6, 6.07) is 3.80. The van der Waals surface area contributed by atoms with E-state index in [1.165, 1.54) is 18.2 Å². The summed E-state index contributed by atoms with van der Waals surface area (Å²) >= 11 is 11.9. The van der Waals surface area contributed by atoms with Gasteiger partial charge in [0.2, 0.25) is 0 Å². The molecule has 1 fully saturated rings. The molecule has 12 heteroatoms. The van der Waals surface area contributed by atoms with E-state index < -0.39 is 34.7 Å². The van der Waals surface area contributed by atoms with Crippen molar-refractivity contribution in [1.82, 2.24) is 14.5 Å². The number of halogens is 5. The molecule has 0 unspecified atom stereocenters. The third-order valence-electron chi connectivity index (χ3n) is 6.12. The number of carbonyl (C=O) groups is 1. The van der Waals surface area contributed by atoms with E-state index in [1.54, 1.807) is 23.3 Å². The topological polar surface area (TPSA) is 82.1 Å². The molecule has 2 heterocycles. The standard InChI is InChI=1S/C22H21Cl2F3N4O3/c1-11-17(21(33)31(30(11)2)13-6-4-3-5-7-13)28-20(32)18-16(22(25,26)27)19(34-29-18)14-9-8-12(23)10-15(14)24/h8-10,13H,3-7H2,1-2H3,(H,28,32). The second-order valence-corrected chi connectivity index (χ2v) is 9.08. The SMILES string of the molecule is Cc1c(NC(=O)c2noc(-c3ccc(Cl)cc3Cl)c2C(F)(F)F)c(=O)n(C2CCCCC2)n1C. The molecule has 3 aromatic rings. The molecule has 1 aliphatic carbocycles. The van der Waals surface area contributed by atoms with Gasteiger partial charge in [-0.05, 0) is 38.0 Å². The van der Waals surface area contributed by atoms with Gasteiger partial charge in [-0.3, -0.25) is 14.3 Å². The molecule has 34 heavy (non-hydrogen) atoms. The number of amides is 1. The maximum atomic E-state index is 14.0. The van der Waals surface area contributed by atoms with E-state index in [2.05, 4.69) is 10.5 Å². The van der Waals surface area contributed by atoms with Crippen LogP contribution in [0.15, 0.2) is 27.5 Å². The maximum absolute atomic E-state index is 14.0. The van der Waals surface area contributed by atoms with Crippen molar-refractivity contribution in [3.8, 4) is 11.3 Å². The minimum absolute atomic E-state index is 0.0352. The summed E-state index contributed by atoms with van der Waals surface area (Å²) in [5.41, 5.74) is -2.67. The predicted molar refractivity (Wildman–Crippen MR) is 121 cm³/mol. The summed E-state index contributed by atoms with van der Waals surface area (Å²) in [5.74, 6) is -1.93. The molecule has 2 aromatic heterocycles. The lowest BCUT2D eigenvalue weighted by molar-refractivity contribution is -0.137. The third-order valence-corrected chi connectivity index (χ3v) is 6.67. The van der Waals surface area contributed by atoms with Crippen LogP contribution in [0.2, 0.25) is 10.0 Å². The van der Waals surface area contributed by atoms with Gasteiger partial charge in [0.05, 0.1) is 16.8 Å². The zero-order valence-corrected chi connectivity index (χ0v) is 19.8. The molecule has 1 N–H and O–H groups in total. The van der Waals surface area contributed by atoms with Gasteiger partial charge < -0.3 is 9.84 Å². The van der Waals surface area contributed by atoms with E-state index >= 15 is 0 Å². The Kier molecular flexibility index (Phi) is 6.56. The summed E-state index contributed by atoms with van der Waals surface area (Å²) in [4.78, 5) is 26.0. The minimum atomic E-state index is -4.99. The highest BCUT2D eigenvalue weighted by Gasteiger charge is 2.43. The van der Waals surface area contributed by atoms with Crippen molar-refractivity contribution in [2.24, 2.45) is 7.05 Å². The molecule has 0 radical (unpaired) electrons. The van der Waals surface area contributed by atoms with E-state index in [1.807, 2.05) is 0 Å². The number of hydrogen-bond acceptors (Lipinski definition) is 4. The molecule has 0 saturated heterocycles. The highest BCUT2D eigenvalue weighted by atomic mass is 35.5. The lowest BCUT2D eigenvalue weighted by Gasteiger charge is -2.24. The molecular formula is C22H21Cl2F3N4O3. The van der Waals surface area contributed by atoms with Crippen LogP contribution >= 0.6 is 23.2 Å². The molecule has 0 bridgehead atoms. The molecule has 0 spiro atoms. The fraction of sp³-hybridized carbons (Fsp3) is 0.409. The molecule has 1 aliphatic rings. The highest BCUT2D eigenvalue weighted by molar-refractivity contribution is 6.36. The van der Waals surface area contributed by atoms with Crippen LogP contribution < -0.4 is 10.9 Å². The van der Waals surface area contributed by atoms with Crippen molar-refractivity contribution in [1.29, 1.82) is 0 Å². The second-order valence-electron chi connectivity index (χ2n) is 8.24. The Labute approximate surface area is 202 Å². The van der Waals surface area contributed by atoms with Gasteiger partial charge >= 0.3 is 6.18 Å². The first-order valence-electron chi connectivity index (χ1n) is 10.6. The van der Waals surface area contributed by atoms with Gasteiger partial charge in [-0.25, -0.2) is 4.68 Å². The molecule has 182 valence electrons. The Balaban J connectivity index is 1.74. The van der Waals surface area contributed by atoms with Gasteiger partial charge in [0.25, 0.3) is 11.5 Å². The Morgan fingerprint density at radius 3 is 2.50 bits per heavy atom. The third kappa shape index (κ3) is 4.36. The number of aromatic nitrogens is 3. The summed E-state index contributed by atoms with van der Waals surface area (Å²) in [6.07, 6.45) is -0.307. The number of hydrogen-bond donors (Lipinski definition) is 1. The van der Waals surface area contributed by atoms with E-state index in [0.29, 0.717) is 5.69 Å². The van der Waals surface area contributed by atoms with Crippen LogP contribution in [-0.4, -0.2) is 20.4 Å². The van der Waals surface area contributed by atoms with Crippen molar-refractivity contribution < 1.29 is 22.5 Å². The van der Waals surface area contributed by atoms with Crippen LogP contribution in [0.1, 0.15) is 59.9 Å². The van der Waals surface area contributed by atoms with Gasteiger partial charge in [0, 0.05) is 17.6 Å². The van der Waals surface area contributed by atoms with Crippen molar-refractivity contribution in [3.05, 3.63) is 55.5 Å². The number of anilines is 1. The summed E-state index contributed by atoms with van der Waals surface area (Å²) in [5, 5.41) is 5.82.